The summed E-state index contributed by atoms with van der Waals surface area (Å²) in [5.41, 5.74) is 8.79. The molecule has 2 fully saturated rings. The average molecular weight is 570 g/mol. The third-order valence-corrected chi connectivity index (χ3v) is 8.18. The van der Waals surface area contributed by atoms with Crippen LogP contribution in [0.25, 0.3) is 17.0 Å². The van der Waals surface area contributed by atoms with Crippen LogP contribution < -0.4 is 15.4 Å². The van der Waals surface area contributed by atoms with Gasteiger partial charge in [-0.2, -0.15) is 0 Å². The summed E-state index contributed by atoms with van der Waals surface area (Å²) in [6.07, 6.45) is 2.66. The molecule has 4 rings (SSSR count). The summed E-state index contributed by atoms with van der Waals surface area (Å²) in [6.45, 7) is 8.78. The van der Waals surface area contributed by atoms with E-state index in [1.807, 2.05) is 13.8 Å². The Morgan fingerprint density at radius 2 is 1.93 bits per heavy atom. The molecule has 1 amide bonds. The Morgan fingerprint density at radius 3 is 2.50 bits per heavy atom. The Hall–Kier alpha value is -3.17. The van der Waals surface area contributed by atoms with Gasteiger partial charge in [0.1, 0.15) is 18.2 Å². The van der Waals surface area contributed by atoms with Crippen LogP contribution in [0, 0.1) is 18.3 Å². The number of benzene rings is 1. The van der Waals surface area contributed by atoms with Gasteiger partial charge in [-0.1, -0.05) is 24.9 Å². The van der Waals surface area contributed by atoms with Gasteiger partial charge in [-0.25, -0.2) is 9.97 Å². The molecule has 2 heterocycles. The Morgan fingerprint density at radius 1 is 1.25 bits per heavy atom. The van der Waals surface area contributed by atoms with E-state index in [-0.39, 0.29) is 29.6 Å². The summed E-state index contributed by atoms with van der Waals surface area (Å²) in [4.78, 5) is 38.6. The fourth-order valence-corrected chi connectivity index (χ4v) is 6.08. The maximum atomic E-state index is 12.7. The van der Waals surface area contributed by atoms with Crippen molar-refractivity contribution >= 4 is 34.7 Å². The minimum Gasteiger partial charge on any atom is -0.491 e. The summed E-state index contributed by atoms with van der Waals surface area (Å²) < 4.78 is 5.83. The number of hydrogen-bond donors (Lipinski definition) is 2. The number of Topliss-reactive ketones (excluding diaryl/α,β-unsaturated/α-hetero) is 1. The minimum absolute atomic E-state index is 0.0688. The van der Waals surface area contributed by atoms with Crippen LogP contribution in [-0.2, 0) is 9.59 Å². The van der Waals surface area contributed by atoms with Crippen LogP contribution >= 0.6 is 11.6 Å². The minimum atomic E-state index is -0.563. The highest BCUT2D eigenvalue weighted by molar-refractivity contribution is 6.33. The van der Waals surface area contributed by atoms with Gasteiger partial charge < -0.3 is 25.4 Å². The Kier molecular flexibility index (Phi) is 8.75. The van der Waals surface area contributed by atoms with Gasteiger partial charge in [0.2, 0.25) is 5.91 Å². The van der Waals surface area contributed by atoms with Gasteiger partial charge in [-0.3, -0.25) is 9.59 Å². The molecule has 0 radical (unpaired) electrons. The van der Waals surface area contributed by atoms with Gasteiger partial charge in [0, 0.05) is 55.3 Å². The van der Waals surface area contributed by atoms with E-state index in [1.165, 1.54) is 6.92 Å². The lowest BCUT2D eigenvalue weighted by Gasteiger charge is -2.59. The van der Waals surface area contributed by atoms with Crippen molar-refractivity contribution in [2.24, 2.45) is 17.1 Å². The van der Waals surface area contributed by atoms with Crippen LogP contribution in [0.1, 0.15) is 57.7 Å². The van der Waals surface area contributed by atoms with E-state index >= 15 is 0 Å². The number of ketones is 1. The lowest BCUT2D eigenvalue weighted by Crippen LogP contribution is -2.64. The van der Waals surface area contributed by atoms with Crippen LogP contribution in [0.4, 0.5) is 5.82 Å². The second-order valence-corrected chi connectivity index (χ2v) is 12.0. The first-order chi connectivity index (χ1) is 18.9. The molecule has 1 aliphatic heterocycles. The number of allylic oxidation sites excluding steroid dienone is 2. The highest BCUT2D eigenvalue weighted by atomic mass is 35.5. The van der Waals surface area contributed by atoms with E-state index in [4.69, 9.17) is 32.0 Å². The van der Waals surface area contributed by atoms with Gasteiger partial charge in [0.25, 0.3) is 0 Å². The summed E-state index contributed by atoms with van der Waals surface area (Å²) in [5, 5.41) is 10.5. The van der Waals surface area contributed by atoms with E-state index < -0.39 is 6.10 Å². The quantitative estimate of drug-likeness (QED) is 0.408. The number of rotatable bonds is 10. The molecule has 1 spiro atoms. The molecule has 216 valence electrons. The second-order valence-electron chi connectivity index (χ2n) is 11.5. The molecule has 1 aromatic heterocycles. The van der Waals surface area contributed by atoms with Gasteiger partial charge in [-0.15, -0.1) is 0 Å². The van der Waals surface area contributed by atoms with E-state index in [0.29, 0.717) is 51.4 Å². The maximum absolute atomic E-state index is 12.7. The predicted octanol–water partition coefficient (Wildman–Crippen LogP) is 4.23. The monoisotopic (exact) mass is 569 g/mol. The molecule has 1 saturated heterocycles. The number of aromatic nitrogens is 2. The van der Waals surface area contributed by atoms with Gasteiger partial charge in [0.05, 0.1) is 22.4 Å². The zero-order chi connectivity index (χ0) is 29.4. The summed E-state index contributed by atoms with van der Waals surface area (Å²) in [5.74, 6) is 1.67. The standard InChI is InChI=1S/C30H40ClN5O4/c1-7-8-21(38)14-40-22-9-10-24(31)23(11-22)27-33-26(25(18(3)32)19(4)37)17(2)28(34-27)36-15-30(16-36)12-20(13-30)29(39)35(5)6/h9-11,20-21,38H,7-8,12-16,32H2,1-6H3/t21-/m1/s1. The molecule has 1 aromatic carbocycles. The van der Waals surface area contributed by atoms with Crippen LogP contribution in [0.3, 0.4) is 0 Å². The van der Waals surface area contributed by atoms with Crippen LogP contribution in [0.2, 0.25) is 5.02 Å². The third-order valence-electron chi connectivity index (χ3n) is 7.85. The van der Waals surface area contributed by atoms with Crippen molar-refractivity contribution in [1.82, 2.24) is 14.9 Å². The number of nitrogens with zero attached hydrogens (tertiary/aromatic N) is 4. The van der Waals surface area contributed by atoms with E-state index in [2.05, 4.69) is 4.90 Å². The predicted molar refractivity (Wildman–Crippen MR) is 157 cm³/mol. The molecule has 1 atom stereocenters. The number of amides is 1. The lowest BCUT2D eigenvalue weighted by atomic mass is 9.57. The molecule has 2 aliphatic rings. The molecule has 2 aromatic rings. The van der Waals surface area contributed by atoms with Gasteiger partial charge >= 0.3 is 0 Å². The molecule has 0 bridgehead atoms. The van der Waals surface area contributed by atoms with Crippen molar-refractivity contribution in [2.45, 2.75) is 59.5 Å². The first-order valence-electron chi connectivity index (χ1n) is 13.8. The second kappa shape index (κ2) is 11.7. The number of hydrogen-bond acceptors (Lipinski definition) is 8. The van der Waals surface area contributed by atoms with E-state index in [0.717, 1.165) is 37.9 Å². The first-order valence-corrected chi connectivity index (χ1v) is 14.2. The van der Waals surface area contributed by atoms with E-state index in [1.54, 1.807) is 44.1 Å². The van der Waals surface area contributed by atoms with Gasteiger partial charge in [0.15, 0.2) is 11.6 Å². The highest BCUT2D eigenvalue weighted by Crippen LogP contribution is 2.53. The van der Waals surface area contributed by atoms with Crippen molar-refractivity contribution in [2.75, 3.05) is 38.7 Å². The number of aliphatic hydroxyl groups excluding tert-OH is 1. The fraction of sp³-hybridized carbons (Fsp3) is 0.533. The molecule has 10 heteroatoms. The number of carbonyl (C=O) groups is 2. The molecule has 1 aliphatic carbocycles. The van der Waals surface area contributed by atoms with Crippen molar-refractivity contribution in [1.29, 1.82) is 0 Å². The van der Waals surface area contributed by atoms with Crippen molar-refractivity contribution in [3.05, 3.63) is 40.2 Å². The third kappa shape index (κ3) is 5.95. The summed E-state index contributed by atoms with van der Waals surface area (Å²) in [6, 6.07) is 5.21. The normalized spacial score (nSPS) is 17.6. The summed E-state index contributed by atoms with van der Waals surface area (Å²) in [7, 11) is 3.59. The molecule has 40 heavy (non-hydrogen) atoms. The molecule has 9 nitrogen and oxygen atoms in total. The average Bonchev–Trinajstić information content (AvgIpc) is 2.83. The SMILES string of the molecule is CCC[C@@H](O)COc1ccc(Cl)c(-c2nc(C(C(C)=O)=C(C)N)c(C)c(N3CC4(CC(C(=O)N(C)C)C4)C3)n2)c1. The van der Waals surface area contributed by atoms with E-state index in [9.17, 15) is 14.7 Å². The summed E-state index contributed by atoms with van der Waals surface area (Å²) >= 11 is 6.63. The number of carbonyl (C=O) groups excluding carboxylic acids is 2. The van der Waals surface area contributed by atoms with Crippen LogP contribution in [0.15, 0.2) is 23.9 Å². The van der Waals surface area contributed by atoms with Crippen molar-refractivity contribution in [3.8, 4) is 17.1 Å². The molecule has 3 N–H and O–H groups in total. The number of nitrogens with two attached hydrogens (primary N) is 1. The molecule has 0 unspecified atom stereocenters. The number of anilines is 1. The van der Waals surface area contributed by atoms with Crippen molar-refractivity contribution < 1.29 is 19.4 Å². The Balaban J connectivity index is 1.69. The first kappa shape index (κ1) is 29.8. The molecular formula is C30H40ClN5O4. The Labute approximate surface area is 241 Å². The lowest BCUT2D eigenvalue weighted by molar-refractivity contribution is -0.142. The number of aliphatic hydroxyl groups is 1. The topological polar surface area (TPSA) is 122 Å². The van der Waals surface area contributed by atoms with Gasteiger partial charge in [-0.05, 0) is 58.2 Å². The van der Waals surface area contributed by atoms with Crippen molar-refractivity contribution in [3.63, 3.8) is 0 Å². The molecular weight excluding hydrogens is 530 g/mol. The largest absolute Gasteiger partial charge is 0.491 e. The smallest absolute Gasteiger partial charge is 0.225 e. The maximum Gasteiger partial charge on any atom is 0.225 e. The van der Waals surface area contributed by atoms with Crippen LogP contribution in [0.5, 0.6) is 5.75 Å². The highest BCUT2D eigenvalue weighted by Gasteiger charge is 2.55. The van der Waals surface area contributed by atoms with Crippen LogP contribution in [-0.4, -0.2) is 71.6 Å². The zero-order valence-corrected chi connectivity index (χ0v) is 25.0. The fourth-order valence-electron chi connectivity index (χ4n) is 5.88. The Bertz CT molecular complexity index is 1320. The zero-order valence-electron chi connectivity index (χ0n) is 24.3. The molecule has 1 saturated carbocycles. The number of halogens is 1. The number of ether oxygens (including phenoxy) is 1.